The minimum absolute atomic E-state index is 0.787. The summed E-state index contributed by atoms with van der Waals surface area (Å²) in [5, 5.41) is 4.58. The van der Waals surface area contributed by atoms with E-state index in [0.717, 1.165) is 51.6 Å². The highest BCUT2D eigenvalue weighted by Crippen LogP contribution is 2.29. The van der Waals surface area contributed by atoms with Crippen molar-refractivity contribution in [2.75, 3.05) is 44.3 Å². The van der Waals surface area contributed by atoms with E-state index in [2.05, 4.69) is 38.5 Å². The first kappa shape index (κ1) is 12.9. The zero-order valence-corrected chi connectivity index (χ0v) is 12.1. The predicted octanol–water partition coefficient (Wildman–Crippen LogP) is 1.78. The van der Waals surface area contributed by atoms with Gasteiger partial charge >= 0.3 is 0 Å². The van der Waals surface area contributed by atoms with E-state index >= 15 is 0 Å². The van der Waals surface area contributed by atoms with E-state index in [9.17, 15) is 0 Å². The van der Waals surface area contributed by atoms with Crippen molar-refractivity contribution in [2.24, 2.45) is 0 Å². The fraction of sp³-hybridized carbons (Fsp3) is 0.438. The Morgan fingerprint density at radius 2 is 2.14 bits per heavy atom. The van der Waals surface area contributed by atoms with Crippen molar-refractivity contribution in [1.29, 1.82) is 0 Å². The molecule has 5 heteroatoms. The third-order valence-electron chi connectivity index (χ3n) is 4.30. The second-order valence-electron chi connectivity index (χ2n) is 5.57. The fourth-order valence-corrected chi connectivity index (χ4v) is 3.10. The topological polar surface area (TPSA) is 53.2 Å². The van der Waals surface area contributed by atoms with Crippen molar-refractivity contribution in [3.8, 4) is 0 Å². The van der Waals surface area contributed by atoms with Crippen LogP contribution < -0.4 is 10.2 Å². The lowest BCUT2D eigenvalue weighted by atomic mass is 10.0. The van der Waals surface area contributed by atoms with E-state index < -0.39 is 0 Å². The van der Waals surface area contributed by atoms with Crippen LogP contribution in [0, 0.1) is 0 Å². The first-order valence-corrected chi connectivity index (χ1v) is 7.62. The maximum Gasteiger partial charge on any atom is 0.130 e. The van der Waals surface area contributed by atoms with Crippen molar-refractivity contribution in [3.63, 3.8) is 0 Å². The quantitative estimate of drug-likeness (QED) is 0.882. The molecule has 4 rings (SSSR count). The van der Waals surface area contributed by atoms with Crippen LogP contribution in [0.2, 0.25) is 0 Å². The molecular weight excluding hydrogens is 264 g/mol. The highest BCUT2D eigenvalue weighted by atomic mass is 16.5. The molecule has 0 aliphatic carbocycles. The lowest BCUT2D eigenvalue weighted by Crippen LogP contribution is -2.36. The first-order chi connectivity index (χ1) is 10.4. The number of anilines is 1. The highest BCUT2D eigenvalue weighted by Gasteiger charge is 2.15. The number of pyridine rings is 1. The number of ether oxygens (including phenoxy) is 1. The van der Waals surface area contributed by atoms with E-state index in [-0.39, 0.29) is 0 Å². The van der Waals surface area contributed by atoms with Crippen LogP contribution in [0.1, 0.15) is 12.0 Å². The van der Waals surface area contributed by atoms with Crippen LogP contribution in [-0.2, 0) is 4.74 Å². The van der Waals surface area contributed by atoms with E-state index in [4.69, 9.17) is 4.74 Å². The van der Waals surface area contributed by atoms with Gasteiger partial charge in [0, 0.05) is 49.0 Å². The van der Waals surface area contributed by atoms with Crippen LogP contribution in [0.25, 0.3) is 16.5 Å². The number of morpholine rings is 1. The van der Waals surface area contributed by atoms with Gasteiger partial charge in [-0.05, 0) is 18.5 Å². The molecule has 0 bridgehead atoms. The van der Waals surface area contributed by atoms with Gasteiger partial charge in [-0.25, -0.2) is 4.98 Å². The summed E-state index contributed by atoms with van der Waals surface area (Å²) in [6, 6.07) is 2.16. The zero-order valence-electron chi connectivity index (χ0n) is 12.1. The van der Waals surface area contributed by atoms with Gasteiger partial charge in [0.05, 0.1) is 18.7 Å². The summed E-state index contributed by atoms with van der Waals surface area (Å²) < 4.78 is 5.40. The van der Waals surface area contributed by atoms with E-state index in [1.54, 1.807) is 0 Å². The van der Waals surface area contributed by atoms with Gasteiger partial charge in [-0.2, -0.15) is 0 Å². The average molecular weight is 284 g/mol. The predicted molar refractivity (Wildman–Crippen MR) is 84.6 cm³/mol. The molecule has 2 aliphatic heterocycles. The third-order valence-corrected chi connectivity index (χ3v) is 4.30. The number of aromatic amines is 1. The molecule has 2 aromatic rings. The standard InChI is InChI=1S/C16H20N4O/c1-3-17-4-2-12(1)13-10-18-15-9-16(19-11-14(13)15)20-5-7-21-8-6-20/h1,9-11,17-18H,2-8H2. The molecule has 110 valence electrons. The molecule has 2 aliphatic rings. The van der Waals surface area contributed by atoms with Crippen molar-refractivity contribution in [1.82, 2.24) is 15.3 Å². The smallest absolute Gasteiger partial charge is 0.130 e. The summed E-state index contributed by atoms with van der Waals surface area (Å²) in [4.78, 5) is 10.4. The van der Waals surface area contributed by atoms with E-state index in [1.165, 1.54) is 22.0 Å². The van der Waals surface area contributed by atoms with Crippen LogP contribution in [0.15, 0.2) is 24.5 Å². The number of H-pyrrole nitrogens is 1. The lowest BCUT2D eigenvalue weighted by molar-refractivity contribution is 0.122. The van der Waals surface area contributed by atoms with Gasteiger partial charge in [-0.3, -0.25) is 0 Å². The van der Waals surface area contributed by atoms with E-state index in [1.807, 2.05) is 6.20 Å². The number of nitrogens with one attached hydrogen (secondary N) is 2. The summed E-state index contributed by atoms with van der Waals surface area (Å²) in [6.07, 6.45) is 7.49. The lowest BCUT2D eigenvalue weighted by Gasteiger charge is -2.27. The molecule has 0 unspecified atom stereocenters. The summed E-state index contributed by atoms with van der Waals surface area (Å²) in [5.74, 6) is 1.04. The van der Waals surface area contributed by atoms with Crippen LogP contribution >= 0.6 is 0 Å². The summed E-state index contributed by atoms with van der Waals surface area (Å²) in [7, 11) is 0. The molecule has 0 saturated carbocycles. The van der Waals surface area contributed by atoms with Gasteiger partial charge in [-0.15, -0.1) is 0 Å². The first-order valence-electron chi connectivity index (χ1n) is 7.62. The van der Waals surface area contributed by atoms with Crippen molar-refractivity contribution < 1.29 is 4.74 Å². The largest absolute Gasteiger partial charge is 0.378 e. The normalized spacial score (nSPS) is 19.8. The molecule has 21 heavy (non-hydrogen) atoms. The van der Waals surface area contributed by atoms with Crippen molar-refractivity contribution in [2.45, 2.75) is 6.42 Å². The number of aromatic nitrogens is 2. The SMILES string of the molecule is C1=C(c2c[nH]c3cc(N4CCOCC4)ncc23)CCNC1. The average Bonchev–Trinajstić information content (AvgIpc) is 2.99. The molecule has 1 fully saturated rings. The summed E-state index contributed by atoms with van der Waals surface area (Å²) >= 11 is 0. The molecule has 0 radical (unpaired) electrons. The second-order valence-corrected chi connectivity index (χ2v) is 5.57. The summed E-state index contributed by atoms with van der Waals surface area (Å²) in [6.45, 7) is 5.43. The van der Waals surface area contributed by atoms with Crippen LogP contribution in [0.5, 0.6) is 0 Å². The maximum atomic E-state index is 5.40. The molecule has 4 heterocycles. The maximum absolute atomic E-state index is 5.40. The molecule has 0 amide bonds. The molecule has 2 N–H and O–H groups in total. The molecule has 5 nitrogen and oxygen atoms in total. The van der Waals surface area contributed by atoms with Crippen molar-refractivity contribution >= 4 is 22.3 Å². The van der Waals surface area contributed by atoms with Gasteiger partial charge in [0.25, 0.3) is 0 Å². The summed E-state index contributed by atoms with van der Waals surface area (Å²) in [5.41, 5.74) is 3.88. The zero-order chi connectivity index (χ0) is 14.1. The van der Waals surface area contributed by atoms with Gasteiger partial charge < -0.3 is 19.9 Å². The Bertz CT molecular complexity index is 670. The molecular formula is C16H20N4O. The molecule has 0 aromatic carbocycles. The Hall–Kier alpha value is -1.85. The molecule has 2 aromatic heterocycles. The van der Waals surface area contributed by atoms with Crippen molar-refractivity contribution in [3.05, 3.63) is 30.1 Å². The van der Waals surface area contributed by atoms with Gasteiger partial charge in [-0.1, -0.05) is 6.08 Å². The molecule has 0 spiro atoms. The number of nitrogens with zero attached hydrogens (tertiary/aromatic N) is 2. The Kier molecular flexibility index (Phi) is 3.37. The molecule has 0 atom stereocenters. The third kappa shape index (κ3) is 2.43. The monoisotopic (exact) mass is 284 g/mol. The minimum Gasteiger partial charge on any atom is -0.378 e. The van der Waals surface area contributed by atoms with Gasteiger partial charge in [0.2, 0.25) is 0 Å². The minimum atomic E-state index is 0.787. The van der Waals surface area contributed by atoms with Gasteiger partial charge in [0.1, 0.15) is 5.82 Å². The number of fused-ring (bicyclic) bond motifs is 1. The Balaban J connectivity index is 1.68. The Morgan fingerprint density at radius 3 is 2.95 bits per heavy atom. The number of rotatable bonds is 2. The highest BCUT2D eigenvalue weighted by molar-refractivity contribution is 5.93. The Morgan fingerprint density at radius 1 is 1.24 bits per heavy atom. The Labute approximate surface area is 124 Å². The van der Waals surface area contributed by atoms with E-state index in [0.29, 0.717) is 0 Å². The molecule has 1 saturated heterocycles. The van der Waals surface area contributed by atoms with Gasteiger partial charge in [0.15, 0.2) is 0 Å². The van der Waals surface area contributed by atoms with Crippen LogP contribution in [0.3, 0.4) is 0 Å². The fourth-order valence-electron chi connectivity index (χ4n) is 3.10. The number of hydrogen-bond donors (Lipinski definition) is 2. The van der Waals surface area contributed by atoms with Crippen LogP contribution in [0.4, 0.5) is 5.82 Å². The number of hydrogen-bond acceptors (Lipinski definition) is 4. The van der Waals surface area contributed by atoms with Crippen LogP contribution in [-0.4, -0.2) is 49.4 Å². The second kappa shape index (κ2) is 5.50.